The molecular weight excluding hydrogens is 315 g/mol. The van der Waals surface area contributed by atoms with Crippen molar-refractivity contribution in [1.82, 2.24) is 0 Å². The molecule has 2 aromatic carbocycles. The van der Waals surface area contributed by atoms with Gasteiger partial charge >= 0.3 is 5.97 Å². The zero-order chi connectivity index (χ0) is 13.8. The minimum absolute atomic E-state index is 0.0787. The maximum Gasteiger partial charge on any atom is 0.339 e. The monoisotopic (exact) mass is 324 g/mol. The van der Waals surface area contributed by atoms with Crippen LogP contribution in [-0.2, 0) is 6.61 Å². The smallest absolute Gasteiger partial charge is 0.339 e. The highest BCUT2D eigenvalue weighted by Gasteiger charge is 2.11. The number of carboxylic acid groups (broad SMARTS) is 1. The van der Waals surface area contributed by atoms with E-state index in [0.717, 1.165) is 0 Å². The van der Waals surface area contributed by atoms with Crippen LogP contribution in [0.15, 0.2) is 46.9 Å². The van der Waals surface area contributed by atoms with Gasteiger partial charge in [0.1, 0.15) is 23.7 Å². The summed E-state index contributed by atoms with van der Waals surface area (Å²) in [6.07, 6.45) is 0. The maximum atomic E-state index is 13.1. The van der Waals surface area contributed by atoms with Gasteiger partial charge in [-0.15, -0.1) is 0 Å². The van der Waals surface area contributed by atoms with Crippen LogP contribution in [0, 0.1) is 5.82 Å². The first-order chi connectivity index (χ1) is 9.08. The molecule has 0 amide bonds. The van der Waals surface area contributed by atoms with Crippen LogP contribution in [0.4, 0.5) is 4.39 Å². The Bertz CT molecular complexity index is 613. The van der Waals surface area contributed by atoms with Crippen molar-refractivity contribution in [2.24, 2.45) is 0 Å². The van der Waals surface area contributed by atoms with Gasteiger partial charge in [-0.05, 0) is 30.3 Å². The molecule has 0 fully saturated rings. The average Bonchev–Trinajstić information content (AvgIpc) is 2.40. The number of hydrogen-bond donors (Lipinski definition) is 1. The Morgan fingerprint density at radius 3 is 2.74 bits per heavy atom. The highest BCUT2D eigenvalue weighted by molar-refractivity contribution is 9.10. The van der Waals surface area contributed by atoms with E-state index in [1.807, 2.05) is 0 Å². The van der Waals surface area contributed by atoms with Crippen molar-refractivity contribution in [2.45, 2.75) is 6.61 Å². The second-order valence-corrected chi connectivity index (χ2v) is 4.68. The van der Waals surface area contributed by atoms with Crippen molar-refractivity contribution in [3.63, 3.8) is 0 Å². The van der Waals surface area contributed by atoms with Crippen LogP contribution in [0.5, 0.6) is 5.75 Å². The number of benzene rings is 2. The quantitative estimate of drug-likeness (QED) is 0.928. The molecule has 0 aliphatic heterocycles. The molecule has 2 rings (SSSR count). The van der Waals surface area contributed by atoms with Gasteiger partial charge in [-0.1, -0.05) is 28.1 Å². The van der Waals surface area contributed by atoms with E-state index in [9.17, 15) is 9.18 Å². The van der Waals surface area contributed by atoms with Gasteiger partial charge in [-0.3, -0.25) is 0 Å². The number of halogens is 2. The topological polar surface area (TPSA) is 46.5 Å². The first-order valence-electron chi connectivity index (χ1n) is 5.47. The molecule has 0 radical (unpaired) electrons. The molecule has 0 saturated heterocycles. The summed E-state index contributed by atoms with van der Waals surface area (Å²) in [4.78, 5) is 11.0. The van der Waals surface area contributed by atoms with E-state index in [-0.39, 0.29) is 23.7 Å². The molecular formula is C14H10BrFO3. The van der Waals surface area contributed by atoms with E-state index in [1.165, 1.54) is 18.2 Å². The first-order valence-corrected chi connectivity index (χ1v) is 6.26. The Labute approximate surface area is 117 Å². The highest BCUT2D eigenvalue weighted by atomic mass is 79.9. The van der Waals surface area contributed by atoms with Crippen molar-refractivity contribution in [3.8, 4) is 5.75 Å². The molecule has 0 unspecified atom stereocenters. The Hall–Kier alpha value is -1.88. The summed E-state index contributed by atoms with van der Waals surface area (Å²) in [5.74, 6) is -1.17. The Balaban J connectivity index is 2.19. The SMILES string of the molecule is O=C(O)c1ccccc1OCc1cc(F)ccc1Br. The minimum atomic E-state index is -1.06. The van der Waals surface area contributed by atoms with E-state index in [2.05, 4.69) is 15.9 Å². The van der Waals surface area contributed by atoms with Crippen LogP contribution in [0.1, 0.15) is 15.9 Å². The molecule has 0 atom stereocenters. The van der Waals surface area contributed by atoms with Crippen LogP contribution in [0.25, 0.3) is 0 Å². The Kier molecular flexibility index (Phi) is 4.16. The van der Waals surface area contributed by atoms with E-state index in [1.54, 1.807) is 24.3 Å². The number of aromatic carboxylic acids is 1. The summed E-state index contributed by atoms with van der Waals surface area (Å²) in [7, 11) is 0. The zero-order valence-electron chi connectivity index (χ0n) is 9.77. The van der Waals surface area contributed by atoms with Crippen molar-refractivity contribution in [3.05, 3.63) is 63.9 Å². The number of carbonyl (C=O) groups is 1. The largest absolute Gasteiger partial charge is 0.488 e. The van der Waals surface area contributed by atoms with Gasteiger partial charge in [-0.2, -0.15) is 0 Å². The van der Waals surface area contributed by atoms with Crippen LogP contribution in [0.3, 0.4) is 0 Å². The summed E-state index contributed by atoms with van der Waals surface area (Å²) < 4.78 is 19.3. The van der Waals surface area contributed by atoms with Gasteiger partial charge in [0.2, 0.25) is 0 Å². The van der Waals surface area contributed by atoms with Crippen LogP contribution >= 0.6 is 15.9 Å². The molecule has 0 saturated carbocycles. The molecule has 1 N–H and O–H groups in total. The second kappa shape index (κ2) is 5.84. The third kappa shape index (κ3) is 3.32. The molecule has 0 bridgehead atoms. The molecule has 0 aliphatic carbocycles. The standard InChI is InChI=1S/C14H10BrFO3/c15-12-6-5-10(16)7-9(12)8-19-13-4-2-1-3-11(13)14(17)18/h1-7H,8H2,(H,17,18). The predicted molar refractivity (Wildman–Crippen MR) is 71.8 cm³/mol. The predicted octanol–water partition coefficient (Wildman–Crippen LogP) is 3.87. The van der Waals surface area contributed by atoms with Crippen LogP contribution < -0.4 is 4.74 Å². The summed E-state index contributed by atoms with van der Waals surface area (Å²) in [5.41, 5.74) is 0.690. The third-order valence-corrected chi connectivity index (χ3v) is 3.28. The fraction of sp³-hybridized carbons (Fsp3) is 0.0714. The minimum Gasteiger partial charge on any atom is -0.488 e. The second-order valence-electron chi connectivity index (χ2n) is 3.83. The van der Waals surface area contributed by atoms with Gasteiger partial charge in [0, 0.05) is 10.0 Å². The molecule has 0 heterocycles. The lowest BCUT2D eigenvalue weighted by Crippen LogP contribution is -2.03. The fourth-order valence-corrected chi connectivity index (χ4v) is 1.94. The van der Waals surface area contributed by atoms with Crippen molar-refractivity contribution >= 4 is 21.9 Å². The summed E-state index contributed by atoms with van der Waals surface area (Å²) in [5, 5.41) is 9.01. The third-order valence-electron chi connectivity index (χ3n) is 2.51. The Morgan fingerprint density at radius 1 is 1.26 bits per heavy atom. The molecule has 0 spiro atoms. The molecule has 2 aromatic rings. The van der Waals surface area contributed by atoms with Crippen LogP contribution in [0.2, 0.25) is 0 Å². The molecule has 5 heteroatoms. The van der Waals surface area contributed by atoms with E-state index < -0.39 is 5.97 Å². The first kappa shape index (κ1) is 13.5. The van der Waals surface area contributed by atoms with E-state index >= 15 is 0 Å². The Morgan fingerprint density at radius 2 is 2.00 bits per heavy atom. The van der Waals surface area contributed by atoms with Gasteiger partial charge in [0.25, 0.3) is 0 Å². The number of rotatable bonds is 4. The number of para-hydroxylation sites is 1. The number of hydrogen-bond acceptors (Lipinski definition) is 2. The van der Waals surface area contributed by atoms with Gasteiger partial charge in [0.05, 0.1) is 0 Å². The average molecular weight is 325 g/mol. The van der Waals surface area contributed by atoms with Crippen molar-refractivity contribution in [1.29, 1.82) is 0 Å². The van der Waals surface area contributed by atoms with Crippen LogP contribution in [-0.4, -0.2) is 11.1 Å². The van der Waals surface area contributed by atoms with Gasteiger partial charge < -0.3 is 9.84 Å². The summed E-state index contributed by atoms with van der Waals surface area (Å²) in [6.45, 7) is 0.0859. The molecule has 0 aromatic heterocycles. The lowest BCUT2D eigenvalue weighted by Gasteiger charge is -2.10. The molecule has 19 heavy (non-hydrogen) atoms. The number of ether oxygens (including phenoxy) is 1. The lowest BCUT2D eigenvalue weighted by atomic mass is 10.2. The van der Waals surface area contributed by atoms with E-state index in [4.69, 9.17) is 9.84 Å². The van der Waals surface area contributed by atoms with Crippen molar-refractivity contribution < 1.29 is 19.0 Å². The number of carboxylic acids is 1. The van der Waals surface area contributed by atoms with Gasteiger partial charge in [0.15, 0.2) is 0 Å². The zero-order valence-corrected chi connectivity index (χ0v) is 11.4. The fourth-order valence-electron chi connectivity index (χ4n) is 1.58. The summed E-state index contributed by atoms with van der Waals surface area (Å²) in [6, 6.07) is 10.6. The lowest BCUT2D eigenvalue weighted by molar-refractivity contribution is 0.0691. The summed E-state index contributed by atoms with van der Waals surface area (Å²) >= 11 is 3.29. The van der Waals surface area contributed by atoms with E-state index in [0.29, 0.717) is 10.0 Å². The van der Waals surface area contributed by atoms with Crippen molar-refractivity contribution in [2.75, 3.05) is 0 Å². The maximum absolute atomic E-state index is 13.1. The highest BCUT2D eigenvalue weighted by Crippen LogP contribution is 2.22. The molecule has 0 aliphatic rings. The molecule has 3 nitrogen and oxygen atoms in total. The molecule has 98 valence electrons. The van der Waals surface area contributed by atoms with Gasteiger partial charge in [-0.25, -0.2) is 9.18 Å². The normalized spacial score (nSPS) is 10.2.